The first-order valence-corrected chi connectivity index (χ1v) is 6.82. The number of anilines is 1. The van der Waals surface area contributed by atoms with Gasteiger partial charge in [-0.25, -0.2) is 0 Å². The van der Waals surface area contributed by atoms with Crippen LogP contribution in [-0.4, -0.2) is 11.9 Å². The summed E-state index contributed by atoms with van der Waals surface area (Å²) in [5, 5.41) is 9.20. The molecule has 1 amide bonds. The van der Waals surface area contributed by atoms with Crippen LogP contribution in [0.4, 0.5) is 5.69 Å². The number of amides is 1. The molecule has 2 aromatic rings. The van der Waals surface area contributed by atoms with Gasteiger partial charge in [0.05, 0.1) is 11.6 Å². The Labute approximate surface area is 123 Å². The van der Waals surface area contributed by atoms with Crippen LogP contribution in [0.1, 0.15) is 16.7 Å². The van der Waals surface area contributed by atoms with Crippen LogP contribution >= 0.6 is 0 Å². The molecular weight excluding hydrogens is 262 g/mol. The zero-order valence-electron chi connectivity index (χ0n) is 11.5. The maximum absolute atomic E-state index is 11.7. The summed E-state index contributed by atoms with van der Waals surface area (Å²) in [5.74, 6) is -0.333. The molecular formula is C17H15N3O. The zero-order valence-corrected chi connectivity index (χ0v) is 11.5. The van der Waals surface area contributed by atoms with E-state index in [0.29, 0.717) is 18.5 Å². The van der Waals surface area contributed by atoms with E-state index in [9.17, 15) is 10.1 Å². The maximum Gasteiger partial charge on any atom is 0.240 e. The van der Waals surface area contributed by atoms with Crippen molar-refractivity contribution in [3.8, 4) is 6.07 Å². The topological polar surface area (TPSA) is 70.1 Å². The fourth-order valence-corrected chi connectivity index (χ4v) is 2.85. The number of hydrogen-bond donors (Lipinski definition) is 1. The molecule has 0 aliphatic carbocycles. The second-order valence-electron chi connectivity index (χ2n) is 5.15. The van der Waals surface area contributed by atoms with Gasteiger partial charge in [-0.3, -0.25) is 4.79 Å². The van der Waals surface area contributed by atoms with Crippen LogP contribution in [0.25, 0.3) is 0 Å². The van der Waals surface area contributed by atoms with Gasteiger partial charge in [0.2, 0.25) is 5.91 Å². The highest BCUT2D eigenvalue weighted by atomic mass is 16.1. The molecule has 1 atom stereocenters. The van der Waals surface area contributed by atoms with Gasteiger partial charge < -0.3 is 10.6 Å². The molecule has 0 aromatic heterocycles. The van der Waals surface area contributed by atoms with Crippen molar-refractivity contribution in [1.82, 2.24) is 0 Å². The largest absolute Gasteiger partial charge is 0.368 e. The molecule has 0 saturated heterocycles. The van der Waals surface area contributed by atoms with Gasteiger partial charge in [-0.2, -0.15) is 5.26 Å². The quantitative estimate of drug-likeness (QED) is 0.932. The van der Waals surface area contributed by atoms with Gasteiger partial charge in [-0.1, -0.05) is 36.4 Å². The summed E-state index contributed by atoms with van der Waals surface area (Å²) in [7, 11) is 0. The Morgan fingerprint density at radius 2 is 1.95 bits per heavy atom. The van der Waals surface area contributed by atoms with Crippen molar-refractivity contribution in [2.45, 2.75) is 19.0 Å². The van der Waals surface area contributed by atoms with Crippen molar-refractivity contribution in [3.63, 3.8) is 0 Å². The minimum absolute atomic E-state index is 0.333. The van der Waals surface area contributed by atoms with Gasteiger partial charge in [0.1, 0.15) is 6.04 Å². The molecule has 3 rings (SSSR count). The number of rotatable bonds is 3. The van der Waals surface area contributed by atoms with Crippen molar-refractivity contribution < 1.29 is 4.79 Å². The molecule has 104 valence electrons. The third-order valence-corrected chi connectivity index (χ3v) is 3.90. The molecule has 2 aromatic carbocycles. The van der Waals surface area contributed by atoms with Gasteiger partial charge in [0.15, 0.2) is 0 Å². The molecule has 0 unspecified atom stereocenters. The highest BCUT2D eigenvalue weighted by molar-refractivity contribution is 5.86. The average Bonchev–Trinajstić information content (AvgIpc) is 2.87. The number of benzene rings is 2. The van der Waals surface area contributed by atoms with Crippen molar-refractivity contribution in [2.75, 3.05) is 4.90 Å². The van der Waals surface area contributed by atoms with Gasteiger partial charge >= 0.3 is 0 Å². The summed E-state index contributed by atoms with van der Waals surface area (Å²) in [6.07, 6.45) is 0.625. The normalized spacial score (nSPS) is 16.3. The molecule has 0 fully saturated rings. The van der Waals surface area contributed by atoms with Crippen LogP contribution in [0.5, 0.6) is 0 Å². The molecule has 0 radical (unpaired) electrons. The summed E-state index contributed by atoms with van der Waals surface area (Å²) in [5.41, 5.74) is 9.22. The minimum Gasteiger partial charge on any atom is -0.368 e. The molecule has 21 heavy (non-hydrogen) atoms. The molecule has 0 spiro atoms. The fraction of sp³-hybridized carbons (Fsp3) is 0.176. The lowest BCUT2D eigenvalue weighted by molar-refractivity contribution is -0.119. The van der Waals surface area contributed by atoms with E-state index in [1.165, 1.54) is 0 Å². The Bertz CT molecular complexity index is 733. The molecule has 0 bridgehead atoms. The number of hydrogen-bond acceptors (Lipinski definition) is 3. The Kier molecular flexibility index (Phi) is 3.33. The first-order chi connectivity index (χ1) is 10.2. The van der Waals surface area contributed by atoms with E-state index in [1.807, 2.05) is 47.4 Å². The molecule has 1 aliphatic rings. The van der Waals surface area contributed by atoms with Crippen molar-refractivity contribution >= 4 is 11.6 Å². The lowest BCUT2D eigenvalue weighted by Crippen LogP contribution is -2.42. The van der Waals surface area contributed by atoms with Crippen LogP contribution in [0.15, 0.2) is 48.5 Å². The number of para-hydroxylation sites is 1. The van der Waals surface area contributed by atoms with Crippen molar-refractivity contribution in [2.24, 2.45) is 5.73 Å². The number of primary amides is 1. The first-order valence-electron chi connectivity index (χ1n) is 6.82. The third-order valence-electron chi connectivity index (χ3n) is 3.90. The van der Waals surface area contributed by atoms with Crippen LogP contribution in [-0.2, 0) is 17.8 Å². The SMILES string of the molecule is N#Cc1ccccc1CN1c2ccccc2C[C@H]1C(N)=O. The number of fused-ring (bicyclic) bond motifs is 1. The number of carbonyl (C=O) groups excluding carboxylic acids is 1. The zero-order chi connectivity index (χ0) is 14.8. The van der Waals surface area contributed by atoms with Gasteiger partial charge in [-0.05, 0) is 23.3 Å². The molecule has 4 nitrogen and oxygen atoms in total. The van der Waals surface area contributed by atoms with Crippen LogP contribution in [0.2, 0.25) is 0 Å². The van der Waals surface area contributed by atoms with Crippen LogP contribution in [0, 0.1) is 11.3 Å². The molecule has 0 saturated carbocycles. The summed E-state index contributed by atoms with van der Waals surface area (Å²) in [4.78, 5) is 13.7. The van der Waals surface area contributed by atoms with E-state index in [4.69, 9.17) is 5.73 Å². The average molecular weight is 277 g/mol. The second kappa shape index (κ2) is 5.29. The van der Waals surface area contributed by atoms with E-state index in [0.717, 1.165) is 16.8 Å². The predicted octanol–water partition coefficient (Wildman–Crippen LogP) is 1.97. The molecule has 2 N–H and O–H groups in total. The van der Waals surface area contributed by atoms with Crippen molar-refractivity contribution in [3.05, 3.63) is 65.2 Å². The maximum atomic E-state index is 11.7. The van der Waals surface area contributed by atoms with E-state index in [1.54, 1.807) is 6.07 Å². The lowest BCUT2D eigenvalue weighted by Gasteiger charge is -2.25. The standard InChI is InChI=1S/C17H15N3O/c18-10-13-6-1-2-7-14(13)11-20-15-8-4-3-5-12(15)9-16(20)17(19)21/h1-8,16H,9,11H2,(H2,19,21)/t16-/m0/s1. The third kappa shape index (κ3) is 2.34. The Balaban J connectivity index is 1.99. The van der Waals surface area contributed by atoms with Gasteiger partial charge in [0.25, 0.3) is 0 Å². The fourth-order valence-electron chi connectivity index (χ4n) is 2.85. The summed E-state index contributed by atoms with van der Waals surface area (Å²) in [6.45, 7) is 0.508. The second-order valence-corrected chi connectivity index (χ2v) is 5.15. The van der Waals surface area contributed by atoms with Gasteiger partial charge in [-0.15, -0.1) is 0 Å². The van der Waals surface area contributed by atoms with E-state index in [-0.39, 0.29) is 11.9 Å². The number of carbonyl (C=O) groups is 1. The molecule has 1 aliphatic heterocycles. The molecule has 4 heteroatoms. The van der Waals surface area contributed by atoms with Crippen LogP contribution < -0.4 is 10.6 Å². The highest BCUT2D eigenvalue weighted by Crippen LogP contribution is 2.33. The lowest BCUT2D eigenvalue weighted by atomic mass is 10.1. The van der Waals surface area contributed by atoms with Gasteiger partial charge in [0, 0.05) is 18.7 Å². The molecule has 1 heterocycles. The Morgan fingerprint density at radius 3 is 2.71 bits per heavy atom. The Morgan fingerprint density at radius 1 is 1.24 bits per heavy atom. The highest BCUT2D eigenvalue weighted by Gasteiger charge is 2.33. The number of nitriles is 1. The number of nitrogens with two attached hydrogens (primary N) is 1. The van der Waals surface area contributed by atoms with E-state index < -0.39 is 0 Å². The minimum atomic E-state index is -0.353. The summed E-state index contributed by atoms with van der Waals surface area (Å²) in [6, 6.07) is 17.2. The smallest absolute Gasteiger partial charge is 0.240 e. The van der Waals surface area contributed by atoms with E-state index in [2.05, 4.69) is 6.07 Å². The van der Waals surface area contributed by atoms with Crippen molar-refractivity contribution in [1.29, 1.82) is 5.26 Å². The van der Waals surface area contributed by atoms with Crippen LogP contribution in [0.3, 0.4) is 0 Å². The predicted molar refractivity (Wildman–Crippen MR) is 80.5 cm³/mol. The van der Waals surface area contributed by atoms with E-state index >= 15 is 0 Å². The number of nitrogens with zero attached hydrogens (tertiary/aromatic N) is 2. The first kappa shape index (κ1) is 13.2. The monoisotopic (exact) mass is 277 g/mol. The summed E-state index contributed by atoms with van der Waals surface area (Å²) >= 11 is 0. The summed E-state index contributed by atoms with van der Waals surface area (Å²) < 4.78 is 0. The Hall–Kier alpha value is -2.80.